The summed E-state index contributed by atoms with van der Waals surface area (Å²) in [5.74, 6) is -1.44. The first kappa shape index (κ1) is 22.8. The number of carbonyl (C=O) groups excluding carboxylic acids is 4. The number of rotatable bonds is 6. The van der Waals surface area contributed by atoms with Crippen molar-refractivity contribution in [2.75, 3.05) is 26.7 Å². The summed E-state index contributed by atoms with van der Waals surface area (Å²) in [5.41, 5.74) is -0.502. The van der Waals surface area contributed by atoms with E-state index in [1.165, 1.54) is 0 Å². The van der Waals surface area contributed by atoms with Gasteiger partial charge in [0.2, 0.25) is 0 Å². The molecule has 0 radical (unpaired) electrons. The predicted octanol–water partition coefficient (Wildman–Crippen LogP) is 0.519. The van der Waals surface area contributed by atoms with Gasteiger partial charge in [-0.15, -0.1) is 0 Å². The molecule has 32 heavy (non-hydrogen) atoms. The molecular formula is C20H24N4O8. The van der Waals surface area contributed by atoms with Gasteiger partial charge >= 0.3 is 24.2 Å². The van der Waals surface area contributed by atoms with Crippen molar-refractivity contribution in [2.45, 2.75) is 31.0 Å². The Balaban J connectivity index is 1.63. The van der Waals surface area contributed by atoms with Gasteiger partial charge in [-0.2, -0.15) is 0 Å². The number of benzene rings is 1. The fraction of sp³-hybridized carbons (Fsp3) is 0.450. The van der Waals surface area contributed by atoms with Crippen LogP contribution in [0.25, 0.3) is 0 Å². The van der Waals surface area contributed by atoms with Crippen molar-refractivity contribution in [1.82, 2.24) is 20.4 Å². The smallest absolute Gasteiger partial charge is 0.408 e. The SMILES string of the molecule is COC(=O)[C@H](CN1C(=O)NC2(CCN(C(=O)O)CC2)C1=O)NC(=O)OCc1ccccc1. The molecule has 2 saturated heterocycles. The molecule has 2 aliphatic heterocycles. The highest BCUT2D eigenvalue weighted by Crippen LogP contribution is 2.29. The third-order valence-corrected chi connectivity index (χ3v) is 5.49. The summed E-state index contributed by atoms with van der Waals surface area (Å²) >= 11 is 0. The third kappa shape index (κ3) is 4.90. The highest BCUT2D eigenvalue weighted by molar-refractivity contribution is 6.07. The average Bonchev–Trinajstić information content (AvgIpc) is 3.01. The van der Waals surface area contributed by atoms with E-state index in [-0.39, 0.29) is 32.5 Å². The molecule has 1 atom stereocenters. The number of piperidine rings is 1. The summed E-state index contributed by atoms with van der Waals surface area (Å²) in [4.78, 5) is 62.9. The van der Waals surface area contributed by atoms with Crippen LogP contribution in [0.1, 0.15) is 18.4 Å². The molecule has 0 saturated carbocycles. The number of methoxy groups -OCH3 is 1. The van der Waals surface area contributed by atoms with E-state index < -0.39 is 48.2 Å². The monoisotopic (exact) mass is 448 g/mol. The van der Waals surface area contributed by atoms with Crippen molar-refractivity contribution in [3.63, 3.8) is 0 Å². The lowest BCUT2D eigenvalue weighted by atomic mass is 9.87. The zero-order valence-corrected chi connectivity index (χ0v) is 17.4. The van der Waals surface area contributed by atoms with Crippen molar-refractivity contribution >= 4 is 30.1 Å². The number of likely N-dealkylation sites (tertiary alicyclic amines) is 1. The van der Waals surface area contributed by atoms with Gasteiger partial charge < -0.3 is 30.1 Å². The quantitative estimate of drug-likeness (QED) is 0.420. The molecule has 3 N–H and O–H groups in total. The first-order valence-electron chi connectivity index (χ1n) is 9.93. The van der Waals surface area contributed by atoms with E-state index in [0.717, 1.165) is 22.5 Å². The zero-order valence-electron chi connectivity index (χ0n) is 17.4. The van der Waals surface area contributed by atoms with Crippen molar-refractivity contribution in [3.05, 3.63) is 35.9 Å². The van der Waals surface area contributed by atoms with Crippen LogP contribution in [0, 0.1) is 0 Å². The highest BCUT2D eigenvalue weighted by Gasteiger charge is 2.53. The number of nitrogens with zero attached hydrogens (tertiary/aromatic N) is 2. The molecule has 12 heteroatoms. The molecule has 1 aromatic carbocycles. The van der Waals surface area contributed by atoms with Crippen LogP contribution in [0.5, 0.6) is 0 Å². The lowest BCUT2D eigenvalue weighted by molar-refractivity contribution is -0.144. The van der Waals surface area contributed by atoms with Gasteiger partial charge in [-0.3, -0.25) is 9.69 Å². The largest absolute Gasteiger partial charge is 0.467 e. The maximum Gasteiger partial charge on any atom is 0.408 e. The summed E-state index contributed by atoms with van der Waals surface area (Å²) in [6.07, 6.45) is -1.80. The summed E-state index contributed by atoms with van der Waals surface area (Å²) < 4.78 is 9.78. The second-order valence-electron chi connectivity index (χ2n) is 7.48. The van der Waals surface area contributed by atoms with E-state index in [2.05, 4.69) is 15.4 Å². The van der Waals surface area contributed by atoms with E-state index in [1.54, 1.807) is 24.3 Å². The first-order valence-corrected chi connectivity index (χ1v) is 9.93. The molecule has 2 fully saturated rings. The molecule has 172 valence electrons. The molecule has 0 unspecified atom stereocenters. The Labute approximate surface area is 183 Å². The van der Waals surface area contributed by atoms with Crippen LogP contribution in [0.4, 0.5) is 14.4 Å². The van der Waals surface area contributed by atoms with E-state index in [0.29, 0.717) is 0 Å². The standard InChI is InChI=1S/C20H24N4O8/c1-31-15(25)14(21-18(28)32-12-13-5-3-2-4-6-13)11-24-16(26)20(22-17(24)27)7-9-23(10-8-20)19(29)30/h2-6,14H,7-12H2,1H3,(H,21,28)(H,22,27)(H,29,30)/t14-/m0/s1. The van der Waals surface area contributed by atoms with Gasteiger partial charge in [0.1, 0.15) is 18.2 Å². The van der Waals surface area contributed by atoms with Crippen molar-refractivity contribution in [3.8, 4) is 0 Å². The van der Waals surface area contributed by atoms with Crippen LogP contribution < -0.4 is 10.6 Å². The Morgan fingerprint density at radius 1 is 1.19 bits per heavy atom. The molecular weight excluding hydrogens is 424 g/mol. The number of amides is 5. The van der Waals surface area contributed by atoms with E-state index in [4.69, 9.17) is 9.84 Å². The van der Waals surface area contributed by atoms with E-state index in [1.807, 2.05) is 6.07 Å². The van der Waals surface area contributed by atoms with Gasteiger partial charge in [0, 0.05) is 13.1 Å². The van der Waals surface area contributed by atoms with Gasteiger partial charge in [0.15, 0.2) is 0 Å². The Morgan fingerprint density at radius 3 is 2.44 bits per heavy atom. The summed E-state index contributed by atoms with van der Waals surface area (Å²) in [7, 11) is 1.11. The first-order chi connectivity index (χ1) is 15.3. The molecule has 3 rings (SSSR count). The number of carbonyl (C=O) groups is 5. The van der Waals surface area contributed by atoms with E-state index >= 15 is 0 Å². The number of hydrogen-bond acceptors (Lipinski definition) is 7. The predicted molar refractivity (Wildman–Crippen MR) is 107 cm³/mol. The number of hydrogen-bond donors (Lipinski definition) is 3. The van der Waals surface area contributed by atoms with Gasteiger partial charge in [0.25, 0.3) is 5.91 Å². The van der Waals surface area contributed by atoms with Gasteiger partial charge in [-0.1, -0.05) is 30.3 Å². The van der Waals surface area contributed by atoms with Crippen LogP contribution >= 0.6 is 0 Å². The number of esters is 1. The summed E-state index contributed by atoms with van der Waals surface area (Å²) in [6.45, 7) is -0.325. The fourth-order valence-electron chi connectivity index (χ4n) is 3.67. The van der Waals surface area contributed by atoms with Crippen LogP contribution in [0.15, 0.2) is 30.3 Å². The molecule has 1 aromatic rings. The van der Waals surface area contributed by atoms with E-state index in [9.17, 15) is 24.0 Å². The minimum absolute atomic E-state index is 0.0348. The maximum atomic E-state index is 13.0. The van der Waals surface area contributed by atoms with Crippen LogP contribution in [-0.2, 0) is 25.7 Å². The average molecular weight is 448 g/mol. The molecule has 0 bridgehead atoms. The molecule has 0 aromatic heterocycles. The van der Waals surface area contributed by atoms with Crippen molar-refractivity contribution in [2.24, 2.45) is 0 Å². The summed E-state index contributed by atoms with van der Waals surface area (Å²) in [6, 6.07) is 6.82. The fourth-order valence-corrected chi connectivity index (χ4v) is 3.67. The minimum atomic E-state index is -1.34. The molecule has 0 aliphatic carbocycles. The maximum absolute atomic E-state index is 13.0. The Hall–Kier alpha value is -3.83. The molecule has 2 heterocycles. The number of alkyl carbamates (subject to hydrolysis) is 1. The van der Waals surface area contributed by atoms with Crippen molar-refractivity contribution < 1.29 is 38.6 Å². The lowest BCUT2D eigenvalue weighted by Crippen LogP contribution is -2.56. The van der Waals surface area contributed by atoms with Gasteiger partial charge in [-0.05, 0) is 18.4 Å². The molecule has 5 amide bonds. The molecule has 1 spiro atoms. The van der Waals surface area contributed by atoms with Gasteiger partial charge in [0.05, 0.1) is 13.7 Å². The number of imide groups is 1. The minimum Gasteiger partial charge on any atom is -0.467 e. The number of ether oxygens (including phenoxy) is 2. The van der Waals surface area contributed by atoms with Crippen LogP contribution in [-0.4, -0.2) is 83.3 Å². The van der Waals surface area contributed by atoms with Crippen LogP contribution in [0.3, 0.4) is 0 Å². The second kappa shape index (κ2) is 9.54. The van der Waals surface area contributed by atoms with Gasteiger partial charge in [-0.25, -0.2) is 19.2 Å². The number of nitrogens with one attached hydrogen (secondary N) is 2. The van der Waals surface area contributed by atoms with Crippen molar-refractivity contribution in [1.29, 1.82) is 0 Å². The van der Waals surface area contributed by atoms with Crippen LogP contribution in [0.2, 0.25) is 0 Å². The topological polar surface area (TPSA) is 155 Å². The zero-order chi connectivity index (χ0) is 23.3. The Morgan fingerprint density at radius 2 is 1.84 bits per heavy atom. The Bertz CT molecular complexity index is 898. The molecule has 12 nitrogen and oxygen atoms in total. The normalized spacial score (nSPS) is 18.2. The molecule has 2 aliphatic rings. The second-order valence-corrected chi connectivity index (χ2v) is 7.48. The summed E-state index contributed by atoms with van der Waals surface area (Å²) in [5, 5.41) is 14.0. The number of urea groups is 1. The Kier molecular flexibility index (Phi) is 6.81. The number of carboxylic acid groups (broad SMARTS) is 1. The lowest BCUT2D eigenvalue weighted by Gasteiger charge is -2.35. The highest BCUT2D eigenvalue weighted by atomic mass is 16.6. The third-order valence-electron chi connectivity index (χ3n) is 5.49.